The summed E-state index contributed by atoms with van der Waals surface area (Å²) in [5.74, 6) is 0. The van der Waals surface area contributed by atoms with E-state index in [2.05, 4.69) is 133 Å². The summed E-state index contributed by atoms with van der Waals surface area (Å²) in [4.78, 5) is 5.10. The lowest BCUT2D eigenvalue weighted by atomic mass is 9.86. The van der Waals surface area contributed by atoms with Gasteiger partial charge in [0.2, 0.25) is 5.71 Å². The predicted molar refractivity (Wildman–Crippen MR) is 180 cm³/mol. The Balaban J connectivity index is 1.29. The van der Waals surface area contributed by atoms with E-state index in [0.717, 1.165) is 27.6 Å². The van der Waals surface area contributed by atoms with Gasteiger partial charge in [-0.05, 0) is 84.9 Å². The molecule has 0 bridgehead atoms. The smallest absolute Gasteiger partial charge is 0.227 e. The Morgan fingerprint density at radius 3 is 1.74 bits per heavy atom. The number of pyridine rings is 1. The summed E-state index contributed by atoms with van der Waals surface area (Å²) in [6.45, 7) is 0. The average molecular weight is 548 g/mol. The van der Waals surface area contributed by atoms with Crippen LogP contribution in [0.4, 0.5) is 0 Å². The summed E-state index contributed by atoms with van der Waals surface area (Å²) in [6.07, 6.45) is 0. The zero-order chi connectivity index (χ0) is 28.3. The van der Waals surface area contributed by atoms with Crippen molar-refractivity contribution < 1.29 is 4.42 Å². The maximum atomic E-state index is 6.20. The molecule has 0 N–H and O–H groups in total. The average Bonchev–Trinajstić information content (AvgIpc) is 3.45. The number of hydrogen-bond acceptors (Lipinski definition) is 2. The molecule has 2 nitrogen and oxygen atoms in total. The van der Waals surface area contributed by atoms with Gasteiger partial charge in [0.1, 0.15) is 5.58 Å². The van der Waals surface area contributed by atoms with Crippen LogP contribution in [0, 0.1) is 0 Å². The van der Waals surface area contributed by atoms with Crippen LogP contribution in [-0.2, 0) is 0 Å². The highest BCUT2D eigenvalue weighted by Crippen LogP contribution is 2.44. The minimum Gasteiger partial charge on any atom is -0.438 e. The molecule has 0 fully saturated rings. The molecule has 2 heterocycles. The molecule has 0 aliphatic heterocycles. The largest absolute Gasteiger partial charge is 0.438 e. The van der Waals surface area contributed by atoms with Crippen molar-refractivity contribution in [1.29, 1.82) is 0 Å². The third-order valence-electron chi connectivity index (χ3n) is 8.67. The van der Waals surface area contributed by atoms with E-state index in [9.17, 15) is 0 Å². The molecule has 0 radical (unpaired) electrons. The first kappa shape index (κ1) is 23.9. The third kappa shape index (κ3) is 3.77. The van der Waals surface area contributed by atoms with Crippen LogP contribution in [0.25, 0.3) is 87.9 Å². The Hall–Kier alpha value is -5.73. The fraction of sp³-hybridized carbons (Fsp3) is 0. The molecule has 2 aromatic heterocycles. The first-order chi connectivity index (χ1) is 21.3. The van der Waals surface area contributed by atoms with Gasteiger partial charge in [-0.15, -0.1) is 0 Å². The quantitative estimate of drug-likeness (QED) is 0.206. The normalized spacial score (nSPS) is 11.7. The van der Waals surface area contributed by atoms with Crippen molar-refractivity contribution in [2.75, 3.05) is 0 Å². The fourth-order valence-electron chi connectivity index (χ4n) is 6.68. The highest BCUT2D eigenvalue weighted by molar-refractivity contribution is 6.21. The van der Waals surface area contributed by atoms with Crippen LogP contribution in [0.15, 0.2) is 156 Å². The molecule has 0 aliphatic rings. The van der Waals surface area contributed by atoms with Gasteiger partial charge in [0, 0.05) is 16.3 Å². The Morgan fingerprint density at radius 1 is 0.372 bits per heavy atom. The highest BCUT2D eigenvalue weighted by Gasteiger charge is 2.19. The van der Waals surface area contributed by atoms with E-state index in [4.69, 9.17) is 9.40 Å². The van der Waals surface area contributed by atoms with Gasteiger partial charge < -0.3 is 4.42 Å². The van der Waals surface area contributed by atoms with Crippen molar-refractivity contribution in [2.45, 2.75) is 0 Å². The number of fused-ring (bicyclic) bond motifs is 6. The van der Waals surface area contributed by atoms with E-state index in [1.54, 1.807) is 0 Å². The molecular formula is C41H25NO. The topological polar surface area (TPSA) is 26.0 Å². The zero-order valence-electron chi connectivity index (χ0n) is 23.3. The molecule has 2 heteroatoms. The Bertz CT molecular complexity index is 2460. The van der Waals surface area contributed by atoms with Crippen molar-refractivity contribution in [3.63, 3.8) is 0 Å². The molecule has 0 spiro atoms. The van der Waals surface area contributed by atoms with Gasteiger partial charge in [0.15, 0.2) is 0 Å². The van der Waals surface area contributed by atoms with Crippen LogP contribution in [0.5, 0.6) is 0 Å². The maximum absolute atomic E-state index is 6.20. The van der Waals surface area contributed by atoms with E-state index in [1.165, 1.54) is 54.6 Å². The number of furan rings is 1. The number of nitrogens with zero attached hydrogens (tertiary/aromatic N) is 1. The minimum atomic E-state index is 0.666. The molecule has 7 aromatic carbocycles. The van der Waals surface area contributed by atoms with Gasteiger partial charge >= 0.3 is 0 Å². The van der Waals surface area contributed by atoms with Crippen LogP contribution in [0.2, 0.25) is 0 Å². The lowest BCUT2D eigenvalue weighted by Gasteiger charge is -2.17. The predicted octanol–water partition coefficient (Wildman–Crippen LogP) is 11.4. The van der Waals surface area contributed by atoms with Crippen molar-refractivity contribution in [3.8, 4) is 33.5 Å². The molecular weight excluding hydrogens is 522 g/mol. The second-order valence-electron chi connectivity index (χ2n) is 11.1. The summed E-state index contributed by atoms with van der Waals surface area (Å²) in [6, 6.07) is 54.0. The number of rotatable bonds is 3. The fourth-order valence-corrected chi connectivity index (χ4v) is 6.68. The maximum Gasteiger partial charge on any atom is 0.227 e. The lowest BCUT2D eigenvalue weighted by Crippen LogP contribution is -1.92. The van der Waals surface area contributed by atoms with Crippen LogP contribution >= 0.6 is 0 Å². The van der Waals surface area contributed by atoms with Gasteiger partial charge in [0.25, 0.3) is 0 Å². The van der Waals surface area contributed by atoms with Crippen LogP contribution in [-0.4, -0.2) is 4.98 Å². The van der Waals surface area contributed by atoms with Gasteiger partial charge in [0.05, 0.1) is 5.69 Å². The second-order valence-corrected chi connectivity index (χ2v) is 11.1. The van der Waals surface area contributed by atoms with Crippen LogP contribution < -0.4 is 0 Å². The SMILES string of the molecule is c1cc(-c2ccc3ccccc3c2)cc(-c2c3ccccc3c(-c3ccc4c(n3)oc3ccccc34)c3ccccc23)c1. The number of para-hydroxylation sites is 1. The van der Waals surface area contributed by atoms with E-state index < -0.39 is 0 Å². The summed E-state index contributed by atoms with van der Waals surface area (Å²) in [5.41, 5.74) is 8.43. The molecule has 0 aliphatic carbocycles. The Morgan fingerprint density at radius 2 is 0.977 bits per heavy atom. The van der Waals surface area contributed by atoms with E-state index >= 15 is 0 Å². The van der Waals surface area contributed by atoms with Crippen molar-refractivity contribution in [1.82, 2.24) is 4.98 Å². The lowest BCUT2D eigenvalue weighted by molar-refractivity contribution is 0.654. The molecule has 0 saturated heterocycles. The van der Waals surface area contributed by atoms with E-state index in [1.807, 2.05) is 18.2 Å². The van der Waals surface area contributed by atoms with Gasteiger partial charge in [-0.3, -0.25) is 0 Å². The highest BCUT2D eigenvalue weighted by atomic mass is 16.3. The third-order valence-corrected chi connectivity index (χ3v) is 8.67. The second kappa shape index (κ2) is 9.40. The monoisotopic (exact) mass is 547 g/mol. The van der Waals surface area contributed by atoms with E-state index in [-0.39, 0.29) is 0 Å². The summed E-state index contributed by atoms with van der Waals surface area (Å²) in [5, 5.41) is 9.40. The molecule has 0 atom stereocenters. The molecule has 43 heavy (non-hydrogen) atoms. The standard InChI is InChI=1S/C41H25NO/c1-2-11-27-24-29(21-20-26(27)10-1)28-12-9-13-30(25-28)39-32-15-3-5-17-34(32)40(35-18-6-4-16-33(35)39)37-23-22-36-31-14-7-8-19-38(31)43-41(36)42-37/h1-25H. The molecule has 9 rings (SSSR count). The molecule has 200 valence electrons. The summed E-state index contributed by atoms with van der Waals surface area (Å²) in [7, 11) is 0. The van der Waals surface area contributed by atoms with E-state index in [0.29, 0.717) is 5.71 Å². The summed E-state index contributed by atoms with van der Waals surface area (Å²) < 4.78 is 6.20. The summed E-state index contributed by atoms with van der Waals surface area (Å²) >= 11 is 0. The van der Waals surface area contributed by atoms with Gasteiger partial charge in [-0.25, -0.2) is 4.98 Å². The number of hydrogen-bond donors (Lipinski definition) is 0. The van der Waals surface area contributed by atoms with Crippen LogP contribution in [0.1, 0.15) is 0 Å². The molecule has 0 amide bonds. The van der Waals surface area contributed by atoms with Gasteiger partial charge in [-0.2, -0.15) is 0 Å². The van der Waals surface area contributed by atoms with Crippen molar-refractivity contribution in [3.05, 3.63) is 152 Å². The van der Waals surface area contributed by atoms with Crippen molar-refractivity contribution >= 4 is 54.4 Å². The van der Waals surface area contributed by atoms with Crippen molar-refractivity contribution in [2.24, 2.45) is 0 Å². The van der Waals surface area contributed by atoms with Crippen LogP contribution in [0.3, 0.4) is 0 Å². The first-order valence-electron chi connectivity index (χ1n) is 14.6. The molecule has 9 aromatic rings. The Labute approximate surface area is 248 Å². The zero-order valence-corrected chi connectivity index (χ0v) is 23.3. The number of benzene rings is 7. The number of aromatic nitrogens is 1. The molecule has 0 unspecified atom stereocenters. The Kier molecular flexibility index (Phi) is 5.23. The molecule has 0 saturated carbocycles. The minimum absolute atomic E-state index is 0.666. The first-order valence-corrected chi connectivity index (χ1v) is 14.6. The van der Waals surface area contributed by atoms with Gasteiger partial charge in [-0.1, -0.05) is 121 Å².